The smallest absolute Gasteiger partial charge is 0.0732 e. The van der Waals surface area contributed by atoms with E-state index in [1.807, 2.05) is 30.3 Å². The maximum atomic E-state index is 5.72. The quantitative estimate of drug-likeness (QED) is 0.915. The molecule has 0 aliphatic heterocycles. The van der Waals surface area contributed by atoms with E-state index in [1.54, 1.807) is 0 Å². The van der Waals surface area contributed by atoms with E-state index in [1.165, 1.54) is 0 Å². The fraction of sp³-hybridized carbons (Fsp3) is 0.200. The highest BCUT2D eigenvalue weighted by Crippen LogP contribution is 2.17. The molecule has 2 rings (SSSR count). The highest BCUT2D eigenvalue weighted by Gasteiger charge is 1.99. The standard InChI is InChI=1S/C15H16BrNO/c16-15-7-2-1-6-14(15)11-18-10-13-5-3-4-12(8-13)9-17/h1-8H,9-11,17H2. The topological polar surface area (TPSA) is 35.2 Å². The van der Waals surface area contributed by atoms with E-state index in [2.05, 4.69) is 34.1 Å². The molecule has 0 atom stereocenters. The summed E-state index contributed by atoms with van der Waals surface area (Å²) in [5.74, 6) is 0. The molecular weight excluding hydrogens is 290 g/mol. The SMILES string of the molecule is NCc1cccc(COCc2ccccc2Br)c1. The summed E-state index contributed by atoms with van der Waals surface area (Å²) in [6.07, 6.45) is 0. The molecule has 2 N–H and O–H groups in total. The molecule has 0 saturated heterocycles. The minimum atomic E-state index is 0.568. The second-order valence-corrected chi connectivity index (χ2v) is 4.96. The van der Waals surface area contributed by atoms with Crippen molar-refractivity contribution in [2.45, 2.75) is 19.8 Å². The largest absolute Gasteiger partial charge is 0.372 e. The second-order valence-electron chi connectivity index (χ2n) is 4.11. The van der Waals surface area contributed by atoms with E-state index in [0.717, 1.165) is 21.2 Å². The van der Waals surface area contributed by atoms with Gasteiger partial charge >= 0.3 is 0 Å². The molecule has 0 aliphatic rings. The molecule has 18 heavy (non-hydrogen) atoms. The third-order valence-electron chi connectivity index (χ3n) is 2.71. The van der Waals surface area contributed by atoms with Gasteiger partial charge in [0, 0.05) is 11.0 Å². The normalized spacial score (nSPS) is 10.6. The molecule has 0 amide bonds. The van der Waals surface area contributed by atoms with Crippen LogP contribution in [0.5, 0.6) is 0 Å². The van der Waals surface area contributed by atoms with E-state index in [9.17, 15) is 0 Å². The predicted molar refractivity (Wildman–Crippen MR) is 77.0 cm³/mol. The van der Waals surface area contributed by atoms with Gasteiger partial charge in [-0.1, -0.05) is 58.4 Å². The van der Waals surface area contributed by atoms with Crippen LogP contribution in [0.1, 0.15) is 16.7 Å². The van der Waals surface area contributed by atoms with Crippen LogP contribution in [0, 0.1) is 0 Å². The fourth-order valence-corrected chi connectivity index (χ4v) is 2.14. The summed E-state index contributed by atoms with van der Waals surface area (Å²) in [5, 5.41) is 0. The van der Waals surface area contributed by atoms with E-state index < -0.39 is 0 Å². The summed E-state index contributed by atoms with van der Waals surface area (Å²) in [6.45, 7) is 1.78. The van der Waals surface area contributed by atoms with Crippen molar-refractivity contribution in [2.75, 3.05) is 0 Å². The molecule has 0 aliphatic carbocycles. The van der Waals surface area contributed by atoms with Crippen molar-refractivity contribution in [3.05, 3.63) is 69.7 Å². The van der Waals surface area contributed by atoms with Gasteiger partial charge in [0.05, 0.1) is 13.2 Å². The zero-order chi connectivity index (χ0) is 12.8. The number of rotatable bonds is 5. The Kier molecular flexibility index (Phi) is 4.93. The summed E-state index contributed by atoms with van der Waals surface area (Å²) in [5.41, 5.74) is 9.06. The molecule has 3 heteroatoms. The first-order valence-corrected chi connectivity index (χ1v) is 6.68. The van der Waals surface area contributed by atoms with Gasteiger partial charge in [-0.3, -0.25) is 0 Å². The zero-order valence-corrected chi connectivity index (χ0v) is 11.7. The number of benzene rings is 2. The van der Waals surface area contributed by atoms with Crippen molar-refractivity contribution < 1.29 is 4.74 Å². The molecule has 0 aromatic heterocycles. The Labute approximate surface area is 116 Å². The average molecular weight is 306 g/mol. The van der Waals surface area contributed by atoms with Crippen molar-refractivity contribution in [1.82, 2.24) is 0 Å². The molecule has 0 unspecified atom stereocenters. The van der Waals surface area contributed by atoms with Gasteiger partial charge in [0.25, 0.3) is 0 Å². The molecule has 94 valence electrons. The molecule has 2 aromatic carbocycles. The number of hydrogen-bond acceptors (Lipinski definition) is 2. The molecule has 0 radical (unpaired) electrons. The summed E-state index contributed by atoms with van der Waals surface area (Å²) < 4.78 is 6.80. The lowest BCUT2D eigenvalue weighted by atomic mass is 10.1. The first-order chi connectivity index (χ1) is 8.79. The van der Waals surface area contributed by atoms with Crippen LogP contribution in [0.25, 0.3) is 0 Å². The second kappa shape index (κ2) is 6.69. The first kappa shape index (κ1) is 13.3. The van der Waals surface area contributed by atoms with Crippen LogP contribution in [-0.2, 0) is 24.5 Å². The van der Waals surface area contributed by atoms with Crippen molar-refractivity contribution >= 4 is 15.9 Å². The van der Waals surface area contributed by atoms with Crippen LogP contribution in [0.4, 0.5) is 0 Å². The third kappa shape index (κ3) is 3.67. The Hall–Kier alpha value is -1.16. The van der Waals surface area contributed by atoms with Gasteiger partial charge in [-0.05, 0) is 22.8 Å². The number of ether oxygens (including phenoxy) is 1. The maximum Gasteiger partial charge on any atom is 0.0732 e. The molecule has 2 nitrogen and oxygen atoms in total. The number of halogens is 1. The molecule has 0 bridgehead atoms. The predicted octanol–water partition coefficient (Wildman–Crippen LogP) is 3.62. The van der Waals surface area contributed by atoms with Gasteiger partial charge < -0.3 is 10.5 Å². The maximum absolute atomic E-state index is 5.72. The minimum Gasteiger partial charge on any atom is -0.372 e. The number of hydrogen-bond donors (Lipinski definition) is 1. The monoisotopic (exact) mass is 305 g/mol. The Bertz CT molecular complexity index is 513. The highest BCUT2D eigenvalue weighted by molar-refractivity contribution is 9.10. The summed E-state index contributed by atoms with van der Waals surface area (Å²) in [4.78, 5) is 0. The number of nitrogens with two attached hydrogens (primary N) is 1. The highest BCUT2D eigenvalue weighted by atomic mass is 79.9. The van der Waals surface area contributed by atoms with Crippen LogP contribution >= 0.6 is 15.9 Å². The molecular formula is C15H16BrNO. The molecule has 0 heterocycles. The van der Waals surface area contributed by atoms with Crippen molar-refractivity contribution in [2.24, 2.45) is 5.73 Å². The van der Waals surface area contributed by atoms with Gasteiger partial charge in [0.15, 0.2) is 0 Å². The van der Waals surface area contributed by atoms with Crippen LogP contribution in [0.3, 0.4) is 0 Å². The average Bonchev–Trinajstić information content (AvgIpc) is 2.41. The lowest BCUT2D eigenvalue weighted by molar-refractivity contribution is 0.106. The zero-order valence-electron chi connectivity index (χ0n) is 10.1. The van der Waals surface area contributed by atoms with Crippen molar-refractivity contribution in [3.8, 4) is 0 Å². The van der Waals surface area contributed by atoms with E-state index in [-0.39, 0.29) is 0 Å². The van der Waals surface area contributed by atoms with Crippen LogP contribution in [0.15, 0.2) is 53.0 Å². The van der Waals surface area contributed by atoms with Gasteiger partial charge in [-0.2, -0.15) is 0 Å². The minimum absolute atomic E-state index is 0.568. The summed E-state index contributed by atoms with van der Waals surface area (Å²) in [7, 11) is 0. The van der Waals surface area contributed by atoms with Crippen LogP contribution in [0.2, 0.25) is 0 Å². The fourth-order valence-electron chi connectivity index (χ4n) is 1.74. The van der Waals surface area contributed by atoms with Crippen molar-refractivity contribution in [3.63, 3.8) is 0 Å². The molecule has 2 aromatic rings. The first-order valence-electron chi connectivity index (χ1n) is 5.88. The molecule has 0 spiro atoms. The molecule has 0 fully saturated rings. The Balaban J connectivity index is 1.90. The summed E-state index contributed by atoms with van der Waals surface area (Å²) in [6, 6.07) is 16.3. The van der Waals surface area contributed by atoms with E-state index in [4.69, 9.17) is 10.5 Å². The van der Waals surface area contributed by atoms with Crippen LogP contribution < -0.4 is 5.73 Å². The Morgan fingerprint density at radius 2 is 1.72 bits per heavy atom. The Morgan fingerprint density at radius 1 is 0.944 bits per heavy atom. The van der Waals surface area contributed by atoms with Gasteiger partial charge in [-0.15, -0.1) is 0 Å². The Morgan fingerprint density at radius 3 is 2.50 bits per heavy atom. The third-order valence-corrected chi connectivity index (χ3v) is 3.48. The van der Waals surface area contributed by atoms with E-state index >= 15 is 0 Å². The van der Waals surface area contributed by atoms with E-state index in [0.29, 0.717) is 19.8 Å². The lowest BCUT2D eigenvalue weighted by Gasteiger charge is -2.07. The van der Waals surface area contributed by atoms with Gasteiger partial charge in [0.1, 0.15) is 0 Å². The van der Waals surface area contributed by atoms with Crippen LogP contribution in [-0.4, -0.2) is 0 Å². The lowest BCUT2D eigenvalue weighted by Crippen LogP contribution is -1.99. The summed E-state index contributed by atoms with van der Waals surface area (Å²) >= 11 is 3.51. The molecule has 0 saturated carbocycles. The van der Waals surface area contributed by atoms with Crippen molar-refractivity contribution in [1.29, 1.82) is 0 Å². The van der Waals surface area contributed by atoms with Gasteiger partial charge in [0.2, 0.25) is 0 Å². The van der Waals surface area contributed by atoms with Gasteiger partial charge in [-0.25, -0.2) is 0 Å².